The van der Waals surface area contributed by atoms with Crippen LogP contribution in [0.2, 0.25) is 0 Å². The number of benzene rings is 2. The van der Waals surface area contributed by atoms with Crippen LogP contribution in [0.15, 0.2) is 42.5 Å². The van der Waals surface area contributed by atoms with Crippen molar-refractivity contribution in [3.05, 3.63) is 53.6 Å². The minimum atomic E-state index is -0.473. The molecule has 0 bridgehead atoms. The molecule has 0 saturated carbocycles. The first-order valence-electron chi connectivity index (χ1n) is 10.9. The van der Waals surface area contributed by atoms with Crippen LogP contribution in [-0.2, 0) is 9.47 Å². The molecule has 3 N–H and O–H groups in total. The summed E-state index contributed by atoms with van der Waals surface area (Å²) in [5.74, 6) is -0.646. The second kappa shape index (κ2) is 13.1. The van der Waals surface area contributed by atoms with Gasteiger partial charge in [0.25, 0.3) is 5.91 Å². The van der Waals surface area contributed by atoms with Crippen molar-refractivity contribution in [2.75, 3.05) is 56.0 Å². The lowest BCUT2D eigenvalue weighted by molar-refractivity contribution is 0.0526. The molecule has 2 rings (SSSR count). The van der Waals surface area contributed by atoms with Crippen molar-refractivity contribution in [1.29, 1.82) is 0 Å². The Morgan fingerprint density at radius 3 is 2.21 bits per heavy atom. The number of hydrogen-bond acceptors (Lipinski definition) is 6. The highest BCUT2D eigenvalue weighted by Gasteiger charge is 2.15. The van der Waals surface area contributed by atoms with Gasteiger partial charge in [0, 0.05) is 50.9 Å². The number of nitrogens with one attached hydrogen (secondary N) is 3. The lowest BCUT2D eigenvalue weighted by atomic mass is 10.1. The quantitative estimate of drug-likeness (QED) is 0.351. The van der Waals surface area contributed by atoms with E-state index in [2.05, 4.69) is 16.0 Å². The second-order valence-corrected chi connectivity index (χ2v) is 7.31. The first-order valence-corrected chi connectivity index (χ1v) is 10.9. The van der Waals surface area contributed by atoms with Gasteiger partial charge in [-0.05, 0) is 62.7 Å². The molecule has 0 unspecified atom stereocenters. The number of nitrogens with zero attached hydrogens (tertiary/aromatic N) is 1. The van der Waals surface area contributed by atoms with Gasteiger partial charge in [-0.2, -0.15) is 0 Å². The molecule has 0 spiro atoms. The van der Waals surface area contributed by atoms with Crippen molar-refractivity contribution in [3.8, 4) is 0 Å². The molecule has 0 aliphatic rings. The molecule has 9 heteroatoms. The van der Waals surface area contributed by atoms with E-state index >= 15 is 0 Å². The Morgan fingerprint density at radius 2 is 1.58 bits per heavy atom. The molecule has 33 heavy (non-hydrogen) atoms. The number of hydrogen-bond donors (Lipinski definition) is 3. The minimum Gasteiger partial charge on any atom is -0.462 e. The first kappa shape index (κ1) is 25.7. The lowest BCUT2D eigenvalue weighted by Gasteiger charge is -2.18. The van der Waals surface area contributed by atoms with Gasteiger partial charge in [0.2, 0.25) is 0 Å². The van der Waals surface area contributed by atoms with Crippen molar-refractivity contribution in [2.24, 2.45) is 0 Å². The molecule has 2 aromatic carbocycles. The highest BCUT2D eigenvalue weighted by atomic mass is 16.5. The van der Waals surface area contributed by atoms with E-state index in [1.165, 1.54) is 0 Å². The lowest BCUT2D eigenvalue weighted by Crippen LogP contribution is -2.27. The third-order valence-corrected chi connectivity index (χ3v) is 4.59. The molecule has 3 amide bonds. The number of carbonyl (C=O) groups is 3. The molecule has 9 nitrogen and oxygen atoms in total. The topological polar surface area (TPSA) is 109 Å². The normalized spacial score (nSPS) is 10.3. The van der Waals surface area contributed by atoms with E-state index in [0.717, 1.165) is 5.69 Å². The van der Waals surface area contributed by atoms with E-state index in [4.69, 9.17) is 9.47 Å². The fourth-order valence-corrected chi connectivity index (χ4v) is 3.00. The summed E-state index contributed by atoms with van der Waals surface area (Å²) >= 11 is 0. The van der Waals surface area contributed by atoms with Gasteiger partial charge in [0.15, 0.2) is 0 Å². The van der Waals surface area contributed by atoms with Crippen LogP contribution in [0.1, 0.15) is 41.0 Å². The molecule has 0 atom stereocenters. The summed E-state index contributed by atoms with van der Waals surface area (Å²) in [5, 5.41) is 8.32. The second-order valence-electron chi connectivity index (χ2n) is 7.31. The summed E-state index contributed by atoms with van der Waals surface area (Å²) in [6.07, 6.45) is 0.714. The van der Waals surface area contributed by atoms with Gasteiger partial charge in [-0.3, -0.25) is 4.79 Å². The molecule has 0 aliphatic carbocycles. The third kappa shape index (κ3) is 8.12. The van der Waals surface area contributed by atoms with Gasteiger partial charge in [-0.1, -0.05) is 0 Å². The van der Waals surface area contributed by atoms with Crippen LogP contribution in [0.25, 0.3) is 0 Å². The smallest absolute Gasteiger partial charge is 0.338 e. The van der Waals surface area contributed by atoms with E-state index in [1.807, 2.05) is 25.9 Å². The third-order valence-electron chi connectivity index (χ3n) is 4.59. The van der Waals surface area contributed by atoms with Crippen LogP contribution in [-0.4, -0.2) is 58.4 Å². The summed E-state index contributed by atoms with van der Waals surface area (Å²) < 4.78 is 10.2. The highest BCUT2D eigenvalue weighted by molar-refractivity contribution is 6.04. The SMILES string of the molecule is CCOCCCNC(=O)c1cc(NC(=O)Nc2ccc(C(=O)OCC)cc2)ccc1N(C)C. The van der Waals surface area contributed by atoms with Gasteiger partial charge in [0.1, 0.15) is 0 Å². The number of carbonyl (C=O) groups excluding carboxylic acids is 3. The van der Waals surface area contributed by atoms with Crippen molar-refractivity contribution < 1.29 is 23.9 Å². The van der Waals surface area contributed by atoms with Crippen LogP contribution in [0.4, 0.5) is 21.9 Å². The fourth-order valence-electron chi connectivity index (χ4n) is 3.00. The predicted octanol–water partition coefficient (Wildman–Crippen LogP) is 3.73. The molecule has 0 radical (unpaired) electrons. The molecule has 178 valence electrons. The Hall–Kier alpha value is -3.59. The summed E-state index contributed by atoms with van der Waals surface area (Å²) in [7, 11) is 3.70. The zero-order valence-corrected chi connectivity index (χ0v) is 19.6. The largest absolute Gasteiger partial charge is 0.462 e. The Kier molecular flexibility index (Phi) is 10.2. The Morgan fingerprint density at radius 1 is 0.909 bits per heavy atom. The average molecular weight is 457 g/mol. The fraction of sp³-hybridized carbons (Fsp3) is 0.375. The average Bonchev–Trinajstić information content (AvgIpc) is 2.79. The number of rotatable bonds is 11. The molecular formula is C24H32N4O5. The van der Waals surface area contributed by atoms with E-state index in [-0.39, 0.29) is 5.91 Å². The molecule has 0 heterocycles. The predicted molar refractivity (Wildman–Crippen MR) is 129 cm³/mol. The van der Waals surface area contributed by atoms with E-state index in [9.17, 15) is 14.4 Å². The maximum atomic E-state index is 12.7. The summed E-state index contributed by atoms with van der Waals surface area (Å²) in [5.41, 5.74) is 2.57. The van der Waals surface area contributed by atoms with Crippen LogP contribution in [0.5, 0.6) is 0 Å². The Bertz CT molecular complexity index is 944. The van der Waals surface area contributed by atoms with Crippen molar-refractivity contribution in [2.45, 2.75) is 20.3 Å². The first-order chi connectivity index (χ1) is 15.8. The monoisotopic (exact) mass is 456 g/mol. The van der Waals surface area contributed by atoms with E-state index in [0.29, 0.717) is 55.3 Å². The maximum Gasteiger partial charge on any atom is 0.338 e. The molecule has 0 fully saturated rings. The summed E-state index contributed by atoms with van der Waals surface area (Å²) in [6, 6.07) is 11.0. The van der Waals surface area contributed by atoms with Crippen LogP contribution < -0.4 is 20.9 Å². The highest BCUT2D eigenvalue weighted by Crippen LogP contribution is 2.23. The van der Waals surface area contributed by atoms with Crippen molar-refractivity contribution in [1.82, 2.24) is 5.32 Å². The number of ether oxygens (including phenoxy) is 2. The molecular weight excluding hydrogens is 424 g/mol. The van der Waals surface area contributed by atoms with E-state index in [1.54, 1.807) is 49.4 Å². The zero-order valence-electron chi connectivity index (χ0n) is 19.6. The van der Waals surface area contributed by atoms with Crippen LogP contribution in [0, 0.1) is 0 Å². The number of anilines is 3. The summed E-state index contributed by atoms with van der Waals surface area (Å²) in [6.45, 7) is 5.67. The molecule has 2 aromatic rings. The number of esters is 1. The van der Waals surface area contributed by atoms with Crippen LogP contribution in [0.3, 0.4) is 0 Å². The Labute approximate surface area is 194 Å². The standard InChI is InChI=1S/C24H32N4O5/c1-5-32-15-7-14-25-22(29)20-16-19(12-13-21(20)28(3)4)27-24(31)26-18-10-8-17(9-11-18)23(30)33-6-2/h8-13,16H,5-7,14-15H2,1-4H3,(H,25,29)(H2,26,27,31). The molecule has 0 saturated heterocycles. The van der Waals surface area contributed by atoms with Crippen molar-refractivity contribution in [3.63, 3.8) is 0 Å². The van der Waals surface area contributed by atoms with Gasteiger partial charge in [-0.25, -0.2) is 9.59 Å². The van der Waals surface area contributed by atoms with Gasteiger partial charge in [-0.15, -0.1) is 0 Å². The van der Waals surface area contributed by atoms with Crippen molar-refractivity contribution >= 4 is 35.0 Å². The minimum absolute atomic E-state index is 0.228. The number of urea groups is 1. The van der Waals surface area contributed by atoms with Gasteiger partial charge >= 0.3 is 12.0 Å². The maximum absolute atomic E-state index is 12.7. The molecule has 0 aliphatic heterocycles. The van der Waals surface area contributed by atoms with Gasteiger partial charge in [0.05, 0.1) is 17.7 Å². The Balaban J connectivity index is 2.03. The zero-order chi connectivity index (χ0) is 24.2. The number of amides is 3. The van der Waals surface area contributed by atoms with E-state index < -0.39 is 12.0 Å². The van der Waals surface area contributed by atoms with Crippen LogP contribution >= 0.6 is 0 Å². The molecule has 0 aromatic heterocycles. The van der Waals surface area contributed by atoms with Gasteiger partial charge < -0.3 is 30.3 Å². The summed E-state index contributed by atoms with van der Waals surface area (Å²) in [4.78, 5) is 38.7.